The lowest BCUT2D eigenvalue weighted by molar-refractivity contribution is 0.102. The first-order valence-electron chi connectivity index (χ1n) is 11.5. The molecular formula is C25H38O2. The van der Waals surface area contributed by atoms with Crippen molar-refractivity contribution in [3.63, 3.8) is 0 Å². The highest BCUT2D eigenvalue weighted by molar-refractivity contribution is 5.78. The van der Waals surface area contributed by atoms with Gasteiger partial charge in [0.2, 0.25) is 0 Å². The second-order valence-electron chi connectivity index (χ2n) is 8.93. The van der Waals surface area contributed by atoms with Gasteiger partial charge in [0.05, 0.1) is 0 Å². The lowest BCUT2D eigenvalue weighted by atomic mass is 9.82. The molecule has 0 amide bonds. The molecule has 1 aromatic rings. The predicted molar refractivity (Wildman–Crippen MR) is 113 cm³/mol. The van der Waals surface area contributed by atoms with Crippen molar-refractivity contribution >= 4 is 6.29 Å². The Kier molecular flexibility index (Phi) is 8.23. The van der Waals surface area contributed by atoms with E-state index in [4.69, 9.17) is 4.74 Å². The van der Waals surface area contributed by atoms with Crippen LogP contribution < -0.4 is 4.74 Å². The lowest BCUT2D eigenvalue weighted by Gasteiger charge is -2.31. The van der Waals surface area contributed by atoms with Gasteiger partial charge in [-0.25, -0.2) is 0 Å². The number of rotatable bonds is 3. The Morgan fingerprint density at radius 1 is 0.815 bits per heavy atom. The highest BCUT2D eigenvalue weighted by Crippen LogP contribution is 2.33. The number of fused-ring (bicyclic) bond motifs is 12. The molecule has 27 heavy (non-hydrogen) atoms. The van der Waals surface area contributed by atoms with Gasteiger partial charge in [0.15, 0.2) is 0 Å². The predicted octanol–water partition coefficient (Wildman–Crippen LogP) is 7.28. The standard InChI is InChI=1S/C25H38O2/c1-20-23(19-26)16-10-18-24(20)27-25-17-9-8-13-21-11-4-2-6-14-22(25)15-7-3-5-12-21/h10,16,18-19,21-22,25H,2-9,11-15,17H2,1H3. The molecule has 0 N–H and O–H groups in total. The first kappa shape index (κ1) is 20.4. The second kappa shape index (κ2) is 10.9. The summed E-state index contributed by atoms with van der Waals surface area (Å²) in [5.41, 5.74) is 1.76. The van der Waals surface area contributed by atoms with Crippen molar-refractivity contribution in [2.45, 2.75) is 103 Å². The van der Waals surface area contributed by atoms with Crippen LogP contribution >= 0.6 is 0 Å². The number of carbonyl (C=O) groups excluding carboxylic acids is 1. The van der Waals surface area contributed by atoms with Crippen molar-refractivity contribution in [3.05, 3.63) is 29.3 Å². The maximum absolute atomic E-state index is 11.3. The molecule has 0 spiro atoms. The maximum Gasteiger partial charge on any atom is 0.150 e. The Hall–Kier alpha value is -1.31. The van der Waals surface area contributed by atoms with Crippen molar-refractivity contribution < 1.29 is 9.53 Å². The Balaban J connectivity index is 1.77. The summed E-state index contributed by atoms with van der Waals surface area (Å²) in [6, 6.07) is 5.90. The van der Waals surface area contributed by atoms with Gasteiger partial charge in [0.1, 0.15) is 18.1 Å². The molecule has 0 aromatic heterocycles. The molecule has 3 saturated carbocycles. The van der Waals surface area contributed by atoms with Crippen LogP contribution in [0.3, 0.4) is 0 Å². The Bertz CT molecular complexity index is 566. The Morgan fingerprint density at radius 2 is 1.41 bits per heavy atom. The van der Waals surface area contributed by atoms with E-state index in [1.165, 1.54) is 89.9 Å². The van der Waals surface area contributed by atoms with Crippen LogP contribution in [0.4, 0.5) is 0 Å². The fraction of sp³-hybridized carbons (Fsp3) is 0.720. The topological polar surface area (TPSA) is 26.3 Å². The molecule has 1 unspecified atom stereocenters. The number of benzene rings is 1. The number of aldehydes is 1. The minimum absolute atomic E-state index is 0.308. The maximum atomic E-state index is 11.3. The largest absolute Gasteiger partial charge is 0.490 e. The molecule has 2 nitrogen and oxygen atoms in total. The van der Waals surface area contributed by atoms with Crippen LogP contribution in [0, 0.1) is 18.8 Å². The zero-order valence-electron chi connectivity index (χ0n) is 17.3. The average molecular weight is 371 g/mol. The number of hydrogen-bond donors (Lipinski definition) is 0. The molecule has 0 radical (unpaired) electrons. The van der Waals surface area contributed by atoms with Crippen molar-refractivity contribution in [2.24, 2.45) is 11.8 Å². The Labute approximate surface area is 166 Å². The third kappa shape index (κ3) is 6.09. The number of ether oxygens (including phenoxy) is 1. The van der Waals surface area contributed by atoms with Crippen LogP contribution in [-0.4, -0.2) is 12.4 Å². The monoisotopic (exact) mass is 370 g/mol. The molecule has 1 atom stereocenters. The van der Waals surface area contributed by atoms with E-state index in [2.05, 4.69) is 6.07 Å². The SMILES string of the molecule is Cc1c(C=O)cccc1OC1CCCCC2CCCCCC1CCCCC2. The minimum Gasteiger partial charge on any atom is -0.490 e. The van der Waals surface area contributed by atoms with Crippen LogP contribution in [0.2, 0.25) is 0 Å². The molecule has 2 bridgehead atoms. The molecule has 3 aliphatic rings. The van der Waals surface area contributed by atoms with Crippen LogP contribution in [0.15, 0.2) is 18.2 Å². The van der Waals surface area contributed by atoms with E-state index >= 15 is 0 Å². The van der Waals surface area contributed by atoms with Crippen molar-refractivity contribution in [2.75, 3.05) is 0 Å². The van der Waals surface area contributed by atoms with Gasteiger partial charge >= 0.3 is 0 Å². The van der Waals surface area contributed by atoms with Crippen molar-refractivity contribution in [3.8, 4) is 5.75 Å². The van der Waals surface area contributed by atoms with Gasteiger partial charge in [-0.05, 0) is 50.5 Å². The van der Waals surface area contributed by atoms with Crippen LogP contribution in [-0.2, 0) is 0 Å². The zero-order valence-corrected chi connectivity index (χ0v) is 17.3. The van der Waals surface area contributed by atoms with Crippen LogP contribution in [0.5, 0.6) is 5.75 Å². The molecule has 2 heteroatoms. The summed E-state index contributed by atoms with van der Waals surface area (Å²) in [5.74, 6) is 2.55. The minimum atomic E-state index is 0.308. The average Bonchev–Trinajstić information content (AvgIpc) is 2.65. The quantitative estimate of drug-likeness (QED) is 0.523. The van der Waals surface area contributed by atoms with Crippen molar-refractivity contribution in [1.82, 2.24) is 0 Å². The molecule has 3 aliphatic carbocycles. The van der Waals surface area contributed by atoms with E-state index in [9.17, 15) is 4.79 Å². The fourth-order valence-electron chi connectivity index (χ4n) is 5.20. The summed E-state index contributed by atoms with van der Waals surface area (Å²) in [5, 5.41) is 0. The van der Waals surface area contributed by atoms with E-state index in [-0.39, 0.29) is 0 Å². The summed E-state index contributed by atoms with van der Waals surface area (Å²) in [7, 11) is 0. The van der Waals surface area contributed by atoms with Gasteiger partial charge in [-0.15, -0.1) is 0 Å². The van der Waals surface area contributed by atoms with Crippen molar-refractivity contribution in [1.29, 1.82) is 0 Å². The van der Waals surface area contributed by atoms with Gasteiger partial charge in [0.25, 0.3) is 0 Å². The first-order chi connectivity index (χ1) is 13.3. The highest BCUT2D eigenvalue weighted by Gasteiger charge is 2.25. The van der Waals surface area contributed by atoms with Gasteiger partial charge in [-0.1, -0.05) is 76.3 Å². The molecule has 3 fully saturated rings. The first-order valence-corrected chi connectivity index (χ1v) is 11.5. The molecule has 0 heterocycles. The second-order valence-corrected chi connectivity index (χ2v) is 8.93. The molecule has 4 rings (SSSR count). The lowest BCUT2D eigenvalue weighted by Crippen LogP contribution is -2.28. The van der Waals surface area contributed by atoms with E-state index < -0.39 is 0 Å². The van der Waals surface area contributed by atoms with Gasteiger partial charge in [-0.3, -0.25) is 4.79 Å². The van der Waals surface area contributed by atoms with E-state index in [1.54, 1.807) is 0 Å². The molecule has 0 aliphatic heterocycles. The zero-order chi connectivity index (χ0) is 18.9. The molecule has 1 aromatic carbocycles. The van der Waals surface area contributed by atoms with E-state index in [1.807, 2.05) is 19.1 Å². The number of carbonyl (C=O) groups is 1. The third-order valence-corrected chi connectivity index (χ3v) is 6.98. The summed E-state index contributed by atoms with van der Waals surface area (Å²) in [6.45, 7) is 2.02. The number of hydrogen-bond acceptors (Lipinski definition) is 2. The summed E-state index contributed by atoms with van der Waals surface area (Å²) >= 11 is 0. The van der Waals surface area contributed by atoms with Crippen LogP contribution in [0.25, 0.3) is 0 Å². The normalized spacial score (nSPS) is 28.1. The fourth-order valence-corrected chi connectivity index (χ4v) is 5.20. The van der Waals surface area contributed by atoms with Crippen LogP contribution in [0.1, 0.15) is 106 Å². The molecular weight excluding hydrogens is 332 g/mol. The van der Waals surface area contributed by atoms with Gasteiger partial charge < -0.3 is 4.74 Å². The molecule has 150 valence electrons. The third-order valence-electron chi connectivity index (χ3n) is 6.98. The summed E-state index contributed by atoms with van der Waals surface area (Å²) in [4.78, 5) is 11.3. The highest BCUT2D eigenvalue weighted by atomic mass is 16.5. The van der Waals surface area contributed by atoms with E-state index in [0.717, 1.165) is 29.1 Å². The molecule has 0 saturated heterocycles. The van der Waals surface area contributed by atoms with E-state index in [0.29, 0.717) is 12.0 Å². The Morgan fingerprint density at radius 3 is 2.07 bits per heavy atom. The summed E-state index contributed by atoms with van der Waals surface area (Å²) in [6.07, 6.45) is 20.3. The summed E-state index contributed by atoms with van der Waals surface area (Å²) < 4.78 is 6.63. The van der Waals surface area contributed by atoms with Gasteiger partial charge in [0, 0.05) is 11.1 Å². The smallest absolute Gasteiger partial charge is 0.150 e. The van der Waals surface area contributed by atoms with Gasteiger partial charge in [-0.2, -0.15) is 0 Å².